The van der Waals surface area contributed by atoms with E-state index in [-0.39, 0.29) is 11.0 Å². The van der Waals surface area contributed by atoms with Crippen LogP contribution in [0.2, 0.25) is 0 Å². The number of hydrogen-bond acceptors (Lipinski definition) is 5. The van der Waals surface area contributed by atoms with Crippen LogP contribution in [0.4, 0.5) is 5.69 Å². The Bertz CT molecular complexity index is 1020. The molecule has 1 heterocycles. The van der Waals surface area contributed by atoms with Gasteiger partial charge in [0.05, 0.1) is 0 Å². The van der Waals surface area contributed by atoms with Gasteiger partial charge < -0.3 is 19.5 Å². The lowest BCUT2D eigenvalue weighted by molar-refractivity contribution is 0.0976. The van der Waals surface area contributed by atoms with Crippen molar-refractivity contribution in [1.29, 1.82) is 0 Å². The lowest BCUT2D eigenvalue weighted by atomic mass is 10.2. The van der Waals surface area contributed by atoms with Crippen LogP contribution in [0, 0.1) is 0 Å². The summed E-state index contributed by atoms with van der Waals surface area (Å²) in [6.07, 6.45) is 0. The average molecular weight is 406 g/mol. The van der Waals surface area contributed by atoms with E-state index in [1.807, 2.05) is 54.6 Å². The van der Waals surface area contributed by atoms with Crippen LogP contribution in [0.5, 0.6) is 23.0 Å². The number of thiocarbonyl (C=S) groups is 1. The first-order valence-electron chi connectivity index (χ1n) is 9.02. The molecule has 0 aliphatic carbocycles. The molecule has 0 saturated carbocycles. The maximum absolute atomic E-state index is 12.4. The zero-order chi connectivity index (χ0) is 20.1. The van der Waals surface area contributed by atoms with E-state index in [2.05, 4.69) is 10.6 Å². The van der Waals surface area contributed by atoms with Crippen LogP contribution >= 0.6 is 12.2 Å². The first kappa shape index (κ1) is 18.8. The van der Waals surface area contributed by atoms with Gasteiger partial charge in [0.2, 0.25) is 0 Å². The summed E-state index contributed by atoms with van der Waals surface area (Å²) in [5, 5.41) is 5.84. The highest BCUT2D eigenvalue weighted by atomic mass is 32.1. The van der Waals surface area contributed by atoms with Gasteiger partial charge in [-0.3, -0.25) is 10.1 Å². The highest BCUT2D eigenvalue weighted by Gasteiger charge is 2.15. The molecule has 1 aliphatic rings. The monoisotopic (exact) mass is 406 g/mol. The van der Waals surface area contributed by atoms with Gasteiger partial charge in [0.25, 0.3) is 5.91 Å². The van der Waals surface area contributed by atoms with Crippen LogP contribution in [0.15, 0.2) is 72.8 Å². The molecule has 0 unspecified atom stereocenters. The minimum Gasteiger partial charge on any atom is -0.486 e. The number of benzene rings is 3. The summed E-state index contributed by atoms with van der Waals surface area (Å²) in [7, 11) is 0. The van der Waals surface area contributed by atoms with Crippen LogP contribution in [-0.4, -0.2) is 24.2 Å². The first-order valence-corrected chi connectivity index (χ1v) is 9.43. The van der Waals surface area contributed by atoms with Crippen molar-refractivity contribution >= 4 is 28.9 Å². The molecule has 6 nitrogen and oxygen atoms in total. The molecule has 1 aliphatic heterocycles. The Hall–Kier alpha value is -3.58. The molecule has 0 fully saturated rings. The van der Waals surface area contributed by atoms with E-state index in [0.717, 1.165) is 11.4 Å². The molecule has 3 aromatic rings. The number of amides is 1. The Morgan fingerprint density at radius 3 is 2.31 bits per heavy atom. The van der Waals surface area contributed by atoms with Gasteiger partial charge in [0, 0.05) is 11.3 Å². The van der Waals surface area contributed by atoms with Crippen LogP contribution in [-0.2, 0) is 0 Å². The van der Waals surface area contributed by atoms with E-state index < -0.39 is 0 Å². The van der Waals surface area contributed by atoms with Gasteiger partial charge >= 0.3 is 0 Å². The van der Waals surface area contributed by atoms with Crippen LogP contribution in [0.3, 0.4) is 0 Å². The third kappa shape index (κ3) is 4.83. The second-order valence-corrected chi connectivity index (χ2v) is 6.61. The summed E-state index contributed by atoms with van der Waals surface area (Å²) in [5.41, 5.74) is 1.17. The molecule has 1 amide bonds. The van der Waals surface area contributed by atoms with Gasteiger partial charge in [-0.05, 0) is 66.8 Å². The second-order valence-electron chi connectivity index (χ2n) is 6.21. The number of carbonyl (C=O) groups excluding carboxylic acids is 1. The molecule has 0 saturated heterocycles. The number of anilines is 1. The standard InChI is InChI=1S/C22H18N2O4S/c25-21(15-6-11-19-20(14-15)27-13-12-26-19)24-22(29)23-16-7-9-18(10-8-16)28-17-4-2-1-3-5-17/h1-11,14H,12-13H2,(H2,23,24,25,29). The molecular formula is C22H18N2O4S. The summed E-state index contributed by atoms with van der Waals surface area (Å²) in [5.74, 6) is 2.31. The Morgan fingerprint density at radius 1 is 0.862 bits per heavy atom. The average Bonchev–Trinajstić information content (AvgIpc) is 2.75. The van der Waals surface area contributed by atoms with E-state index in [4.69, 9.17) is 26.4 Å². The van der Waals surface area contributed by atoms with E-state index in [1.54, 1.807) is 18.2 Å². The summed E-state index contributed by atoms with van der Waals surface area (Å²) < 4.78 is 16.7. The van der Waals surface area contributed by atoms with Gasteiger partial charge in [0.1, 0.15) is 24.7 Å². The highest BCUT2D eigenvalue weighted by Crippen LogP contribution is 2.30. The van der Waals surface area contributed by atoms with Crippen molar-refractivity contribution in [2.45, 2.75) is 0 Å². The van der Waals surface area contributed by atoms with Crippen molar-refractivity contribution in [2.75, 3.05) is 18.5 Å². The van der Waals surface area contributed by atoms with Crippen molar-refractivity contribution < 1.29 is 19.0 Å². The Morgan fingerprint density at radius 2 is 1.55 bits per heavy atom. The predicted octanol–water partition coefficient (Wildman–Crippen LogP) is 4.38. The van der Waals surface area contributed by atoms with Crippen molar-refractivity contribution in [2.24, 2.45) is 0 Å². The summed E-state index contributed by atoms with van der Waals surface area (Å²) in [4.78, 5) is 12.4. The van der Waals surface area contributed by atoms with Gasteiger partial charge in [-0.2, -0.15) is 0 Å². The van der Waals surface area contributed by atoms with Crippen LogP contribution in [0.25, 0.3) is 0 Å². The number of carbonyl (C=O) groups is 1. The van der Waals surface area contributed by atoms with E-state index in [0.29, 0.717) is 36.0 Å². The summed E-state index contributed by atoms with van der Waals surface area (Å²) in [6, 6.07) is 21.8. The number of rotatable bonds is 4. The van der Waals surface area contributed by atoms with Crippen LogP contribution in [0.1, 0.15) is 10.4 Å². The molecule has 7 heteroatoms. The fraction of sp³-hybridized carbons (Fsp3) is 0.0909. The molecule has 3 aromatic carbocycles. The molecule has 0 bridgehead atoms. The van der Waals surface area contributed by atoms with Gasteiger partial charge in [-0.15, -0.1) is 0 Å². The topological polar surface area (TPSA) is 68.8 Å². The Kier molecular flexibility index (Phi) is 5.58. The first-order chi connectivity index (χ1) is 14.2. The predicted molar refractivity (Wildman–Crippen MR) is 114 cm³/mol. The third-order valence-corrected chi connectivity index (χ3v) is 4.33. The van der Waals surface area contributed by atoms with Gasteiger partial charge in [-0.25, -0.2) is 0 Å². The minimum absolute atomic E-state index is 0.196. The maximum atomic E-state index is 12.4. The number of nitrogens with one attached hydrogen (secondary N) is 2. The van der Waals surface area contributed by atoms with Crippen LogP contribution < -0.4 is 24.8 Å². The molecule has 4 rings (SSSR count). The number of ether oxygens (including phenoxy) is 3. The normalized spacial score (nSPS) is 12.0. The lowest BCUT2D eigenvalue weighted by Crippen LogP contribution is -2.34. The largest absolute Gasteiger partial charge is 0.486 e. The van der Waals surface area contributed by atoms with Crippen molar-refractivity contribution in [3.05, 3.63) is 78.4 Å². The second kappa shape index (κ2) is 8.62. The van der Waals surface area contributed by atoms with Gasteiger partial charge in [-0.1, -0.05) is 18.2 Å². The molecule has 0 aromatic heterocycles. The number of fused-ring (bicyclic) bond motifs is 1. The maximum Gasteiger partial charge on any atom is 0.257 e. The molecule has 146 valence electrons. The van der Waals surface area contributed by atoms with Gasteiger partial charge in [0.15, 0.2) is 16.6 Å². The molecule has 2 N–H and O–H groups in total. The van der Waals surface area contributed by atoms with Crippen molar-refractivity contribution in [3.63, 3.8) is 0 Å². The molecule has 0 radical (unpaired) electrons. The lowest BCUT2D eigenvalue weighted by Gasteiger charge is -2.18. The smallest absolute Gasteiger partial charge is 0.257 e. The van der Waals surface area contributed by atoms with Crippen molar-refractivity contribution in [1.82, 2.24) is 5.32 Å². The van der Waals surface area contributed by atoms with E-state index in [9.17, 15) is 4.79 Å². The summed E-state index contributed by atoms with van der Waals surface area (Å²) >= 11 is 5.24. The minimum atomic E-state index is -0.330. The molecule has 0 atom stereocenters. The quantitative estimate of drug-likeness (QED) is 0.627. The SMILES string of the molecule is O=C(NC(=S)Nc1ccc(Oc2ccccc2)cc1)c1ccc2c(c1)OCCO2. The molecule has 29 heavy (non-hydrogen) atoms. The van der Waals surface area contributed by atoms with Crippen molar-refractivity contribution in [3.8, 4) is 23.0 Å². The van der Waals surface area contributed by atoms with E-state index >= 15 is 0 Å². The third-order valence-electron chi connectivity index (χ3n) is 4.12. The summed E-state index contributed by atoms with van der Waals surface area (Å²) in [6.45, 7) is 0.962. The molecule has 0 spiro atoms. The Balaban J connectivity index is 1.34. The zero-order valence-electron chi connectivity index (χ0n) is 15.4. The van der Waals surface area contributed by atoms with E-state index in [1.165, 1.54) is 0 Å². The molecular weight excluding hydrogens is 388 g/mol. The Labute approximate surface area is 173 Å². The number of hydrogen-bond donors (Lipinski definition) is 2. The zero-order valence-corrected chi connectivity index (χ0v) is 16.2. The number of para-hydroxylation sites is 1. The highest BCUT2D eigenvalue weighted by molar-refractivity contribution is 7.80. The fourth-order valence-corrected chi connectivity index (χ4v) is 2.96. The fourth-order valence-electron chi connectivity index (χ4n) is 2.75.